The molecule has 0 spiro atoms. The molecule has 0 aliphatic carbocycles. The quantitative estimate of drug-likeness (QED) is 0.839. The van der Waals surface area contributed by atoms with Gasteiger partial charge in [0.2, 0.25) is 0 Å². The Labute approximate surface area is 105 Å². The van der Waals surface area contributed by atoms with Gasteiger partial charge in [0.25, 0.3) is 0 Å². The van der Waals surface area contributed by atoms with Gasteiger partial charge in [0.05, 0.1) is 4.47 Å². The number of hydrogen-bond donors (Lipinski definition) is 1. The molecule has 1 rings (SSSR count). The molecule has 1 atom stereocenters. The molecule has 1 N–H and O–H groups in total. The Morgan fingerprint density at radius 2 is 2.25 bits per heavy atom. The van der Waals surface area contributed by atoms with Crippen LogP contribution < -0.4 is 4.74 Å². The van der Waals surface area contributed by atoms with Gasteiger partial charge in [-0.1, -0.05) is 25.6 Å². The summed E-state index contributed by atoms with van der Waals surface area (Å²) >= 11 is 3.51. The highest BCUT2D eigenvalue weighted by Crippen LogP contribution is 2.33. The summed E-state index contributed by atoms with van der Waals surface area (Å²) in [4.78, 5) is 0. The third-order valence-corrected chi connectivity index (χ3v) is 3.12. The zero-order chi connectivity index (χ0) is 12.1. The molecule has 0 radical (unpaired) electrons. The van der Waals surface area contributed by atoms with Crippen LogP contribution in [0.5, 0.6) is 5.75 Å². The molecule has 0 saturated carbocycles. The van der Waals surface area contributed by atoms with Crippen molar-refractivity contribution in [3.63, 3.8) is 0 Å². The van der Waals surface area contributed by atoms with E-state index in [-0.39, 0.29) is 12.5 Å². The Balaban J connectivity index is 2.90. The van der Waals surface area contributed by atoms with Crippen LogP contribution >= 0.6 is 15.9 Å². The van der Waals surface area contributed by atoms with Gasteiger partial charge < -0.3 is 9.84 Å². The standard InChI is InChI=1S/C13H17BrO2/c1-9(2)8-16-12-6-4-5-11(13(12)14)10(3)7-15/h4-6,10,15H,1,7-8H2,2-3H3. The fourth-order valence-electron chi connectivity index (χ4n) is 1.32. The van der Waals surface area contributed by atoms with Crippen LogP contribution in [0, 0.1) is 0 Å². The number of aliphatic hydroxyl groups is 1. The maximum atomic E-state index is 9.15. The Bertz CT molecular complexity index is 374. The van der Waals surface area contributed by atoms with E-state index in [0.29, 0.717) is 6.61 Å². The summed E-state index contributed by atoms with van der Waals surface area (Å²) in [6.07, 6.45) is 0. The average molecular weight is 285 g/mol. The molecule has 0 aliphatic heterocycles. The molecule has 0 bridgehead atoms. The average Bonchev–Trinajstić information content (AvgIpc) is 2.26. The van der Waals surface area contributed by atoms with Crippen molar-refractivity contribution in [1.82, 2.24) is 0 Å². The SMILES string of the molecule is C=C(C)COc1cccc(C(C)CO)c1Br. The second-order valence-corrected chi connectivity index (χ2v) is 4.78. The van der Waals surface area contributed by atoms with Crippen LogP contribution in [0.15, 0.2) is 34.8 Å². The molecule has 1 aromatic rings. The second-order valence-electron chi connectivity index (χ2n) is 3.99. The van der Waals surface area contributed by atoms with Crippen molar-refractivity contribution in [2.24, 2.45) is 0 Å². The number of halogens is 1. The molecule has 3 heteroatoms. The molecule has 2 nitrogen and oxygen atoms in total. The number of aliphatic hydroxyl groups excluding tert-OH is 1. The zero-order valence-corrected chi connectivity index (χ0v) is 11.3. The normalized spacial score (nSPS) is 12.2. The van der Waals surface area contributed by atoms with Crippen molar-refractivity contribution in [2.45, 2.75) is 19.8 Å². The van der Waals surface area contributed by atoms with Crippen molar-refractivity contribution in [3.8, 4) is 5.75 Å². The van der Waals surface area contributed by atoms with Crippen LogP contribution in [0.4, 0.5) is 0 Å². The van der Waals surface area contributed by atoms with Gasteiger partial charge in [-0.15, -0.1) is 0 Å². The minimum atomic E-state index is 0.0998. The van der Waals surface area contributed by atoms with Crippen LogP contribution in [0.3, 0.4) is 0 Å². The van der Waals surface area contributed by atoms with Crippen molar-refractivity contribution < 1.29 is 9.84 Å². The lowest BCUT2D eigenvalue weighted by Gasteiger charge is -2.14. The van der Waals surface area contributed by atoms with Gasteiger partial charge in [-0.2, -0.15) is 0 Å². The predicted molar refractivity (Wildman–Crippen MR) is 70.0 cm³/mol. The molecule has 0 saturated heterocycles. The molecule has 88 valence electrons. The van der Waals surface area contributed by atoms with E-state index in [4.69, 9.17) is 9.84 Å². The van der Waals surface area contributed by atoms with Crippen molar-refractivity contribution in [3.05, 3.63) is 40.4 Å². The van der Waals surface area contributed by atoms with E-state index in [2.05, 4.69) is 22.5 Å². The summed E-state index contributed by atoms with van der Waals surface area (Å²) in [6.45, 7) is 8.33. The highest BCUT2D eigenvalue weighted by Gasteiger charge is 2.12. The molecule has 0 amide bonds. The first-order valence-electron chi connectivity index (χ1n) is 5.22. The molecule has 0 aliphatic rings. The van der Waals surface area contributed by atoms with E-state index in [9.17, 15) is 0 Å². The molecular formula is C13H17BrO2. The summed E-state index contributed by atoms with van der Waals surface area (Å²) in [5.41, 5.74) is 2.04. The third kappa shape index (κ3) is 3.35. The van der Waals surface area contributed by atoms with Crippen LogP contribution in [0.1, 0.15) is 25.3 Å². The molecule has 0 fully saturated rings. The fourth-order valence-corrected chi connectivity index (χ4v) is 2.09. The Kier molecular flexibility index (Phi) is 5.03. The number of rotatable bonds is 5. The Hall–Kier alpha value is -0.800. The van der Waals surface area contributed by atoms with Gasteiger partial charge in [-0.05, 0) is 40.1 Å². The maximum absolute atomic E-state index is 9.15. The van der Waals surface area contributed by atoms with Crippen molar-refractivity contribution in [1.29, 1.82) is 0 Å². The van der Waals surface area contributed by atoms with E-state index in [1.165, 1.54) is 0 Å². The zero-order valence-electron chi connectivity index (χ0n) is 9.66. The highest BCUT2D eigenvalue weighted by molar-refractivity contribution is 9.10. The van der Waals surface area contributed by atoms with Crippen LogP contribution in [0.2, 0.25) is 0 Å². The van der Waals surface area contributed by atoms with Gasteiger partial charge in [0.15, 0.2) is 0 Å². The fraction of sp³-hybridized carbons (Fsp3) is 0.385. The van der Waals surface area contributed by atoms with E-state index < -0.39 is 0 Å². The van der Waals surface area contributed by atoms with E-state index in [1.807, 2.05) is 32.0 Å². The minimum absolute atomic E-state index is 0.0998. The van der Waals surface area contributed by atoms with Crippen LogP contribution in [-0.2, 0) is 0 Å². The Morgan fingerprint density at radius 1 is 1.56 bits per heavy atom. The molecule has 16 heavy (non-hydrogen) atoms. The first-order chi connectivity index (χ1) is 7.56. The lowest BCUT2D eigenvalue weighted by Crippen LogP contribution is -2.03. The lowest BCUT2D eigenvalue weighted by atomic mass is 10.0. The summed E-state index contributed by atoms with van der Waals surface area (Å²) in [7, 11) is 0. The van der Waals surface area contributed by atoms with Gasteiger partial charge in [-0.25, -0.2) is 0 Å². The summed E-state index contributed by atoms with van der Waals surface area (Å²) in [5, 5.41) is 9.15. The second kappa shape index (κ2) is 6.06. The summed E-state index contributed by atoms with van der Waals surface area (Å²) < 4.78 is 6.52. The minimum Gasteiger partial charge on any atom is -0.488 e. The summed E-state index contributed by atoms with van der Waals surface area (Å²) in [6, 6.07) is 5.82. The van der Waals surface area contributed by atoms with Crippen molar-refractivity contribution in [2.75, 3.05) is 13.2 Å². The van der Waals surface area contributed by atoms with Gasteiger partial charge in [-0.3, -0.25) is 0 Å². The van der Waals surface area contributed by atoms with Crippen LogP contribution in [-0.4, -0.2) is 18.3 Å². The number of benzene rings is 1. The molecular weight excluding hydrogens is 268 g/mol. The Morgan fingerprint density at radius 3 is 2.81 bits per heavy atom. The molecule has 1 unspecified atom stereocenters. The van der Waals surface area contributed by atoms with Gasteiger partial charge in [0, 0.05) is 12.5 Å². The lowest BCUT2D eigenvalue weighted by molar-refractivity contribution is 0.272. The predicted octanol–water partition coefficient (Wildman–Crippen LogP) is 3.50. The number of hydrogen-bond acceptors (Lipinski definition) is 2. The van der Waals surface area contributed by atoms with E-state index in [0.717, 1.165) is 21.4 Å². The highest BCUT2D eigenvalue weighted by atomic mass is 79.9. The van der Waals surface area contributed by atoms with Gasteiger partial charge in [0.1, 0.15) is 12.4 Å². The van der Waals surface area contributed by atoms with Crippen molar-refractivity contribution >= 4 is 15.9 Å². The molecule has 0 aromatic heterocycles. The largest absolute Gasteiger partial charge is 0.488 e. The summed E-state index contributed by atoms with van der Waals surface area (Å²) in [5.74, 6) is 0.892. The van der Waals surface area contributed by atoms with Crippen LogP contribution in [0.25, 0.3) is 0 Å². The molecule has 1 aromatic carbocycles. The van der Waals surface area contributed by atoms with Gasteiger partial charge >= 0.3 is 0 Å². The van der Waals surface area contributed by atoms with E-state index >= 15 is 0 Å². The molecule has 0 heterocycles. The maximum Gasteiger partial charge on any atom is 0.134 e. The van der Waals surface area contributed by atoms with E-state index in [1.54, 1.807) is 0 Å². The monoisotopic (exact) mass is 284 g/mol. The first-order valence-corrected chi connectivity index (χ1v) is 6.02. The number of ether oxygens (including phenoxy) is 1. The smallest absolute Gasteiger partial charge is 0.134 e. The first kappa shape index (κ1) is 13.3. The third-order valence-electron chi connectivity index (χ3n) is 2.27. The topological polar surface area (TPSA) is 29.5 Å².